The Morgan fingerprint density at radius 2 is 0.795 bits per heavy atom. The number of aliphatic hydroxyl groups excluding tert-OH is 4. The highest BCUT2D eigenvalue weighted by molar-refractivity contribution is 6.22. The molecule has 3 aliphatic heterocycles. The number of aliphatic hydroxyl groups is 4. The van der Waals surface area contributed by atoms with E-state index >= 15 is 4.79 Å². The second-order valence-electron chi connectivity index (χ2n) is 24.4. The fourth-order valence-corrected chi connectivity index (χ4v) is 12.2. The fourth-order valence-electron chi connectivity index (χ4n) is 12.2. The summed E-state index contributed by atoms with van der Waals surface area (Å²) in [6, 6.07) is 4.30. The lowest BCUT2D eigenvalue weighted by Gasteiger charge is -2.42. The van der Waals surface area contributed by atoms with Gasteiger partial charge in [0, 0.05) is 46.2 Å². The maximum absolute atomic E-state index is 15.1. The van der Waals surface area contributed by atoms with E-state index in [-0.39, 0.29) is 24.3 Å². The van der Waals surface area contributed by atoms with Gasteiger partial charge in [-0.3, -0.25) is 0 Å². The van der Waals surface area contributed by atoms with Crippen LogP contribution in [0.3, 0.4) is 0 Å². The summed E-state index contributed by atoms with van der Waals surface area (Å²) in [6.45, 7) is -2.67. The summed E-state index contributed by atoms with van der Waals surface area (Å²) in [7, 11) is 0. The second kappa shape index (κ2) is 27.6. The monoisotopic (exact) mass is 1570 g/mol. The minimum absolute atomic E-state index is 0.232. The van der Waals surface area contributed by atoms with Crippen LogP contribution in [0.4, 0.5) is 0 Å². The first kappa shape index (κ1) is 75.1. The predicted molar refractivity (Wildman–Crippen MR) is 349 cm³/mol. The SMILES string of the molecule is O=C(O[C@H]1[C@H](O)[C@@H](CO)OC(O)[C@@H]1OC(=O)c1cc(O)c(O)c(O)c1Oc1cc2c(c(O)c1O)-c1c(cc(O)c(O)c1O)C(=O)O[C@H]1[C@H](OC(=O)c3cc(O)c(O)c(O)c3)[C@@H](OC(=O)c3cc(O)c(O)c(O)c3Oc3cc4c(=O)oc5c(O)c(O)cc6c(=O)oc(c3O)c4c56)C(O)O[C@@H]1COC2=O)c1cc(O)c(O)c(O)c1. The smallest absolute Gasteiger partial charge is 0.344 e. The minimum Gasteiger partial charge on any atom is -0.504 e. The molecule has 584 valence electrons. The molecular formula is C68H48O44. The van der Waals surface area contributed by atoms with E-state index in [1.807, 2.05) is 0 Å². The largest absolute Gasteiger partial charge is 0.504 e. The van der Waals surface area contributed by atoms with Gasteiger partial charge in [0.05, 0.1) is 39.6 Å². The number of phenols is 20. The summed E-state index contributed by atoms with van der Waals surface area (Å²) >= 11 is 0. The van der Waals surface area contributed by atoms with Crippen molar-refractivity contribution in [2.75, 3.05) is 13.2 Å². The molecule has 13 rings (SSSR count). The molecule has 2 unspecified atom stereocenters. The lowest BCUT2D eigenvalue weighted by Crippen LogP contribution is -2.62. The van der Waals surface area contributed by atoms with E-state index in [1.54, 1.807) is 0 Å². The highest BCUT2D eigenvalue weighted by atomic mass is 16.7. The van der Waals surface area contributed by atoms with Crippen LogP contribution in [-0.2, 0) is 37.9 Å². The number of rotatable bonds is 13. The molecule has 2 fully saturated rings. The van der Waals surface area contributed by atoms with E-state index in [1.165, 1.54) is 0 Å². The van der Waals surface area contributed by atoms with Crippen LogP contribution in [0.25, 0.3) is 43.8 Å². The van der Waals surface area contributed by atoms with Crippen LogP contribution in [-0.4, -0.2) is 233 Å². The molecule has 10 aromatic rings. The molecule has 2 saturated heterocycles. The van der Waals surface area contributed by atoms with Gasteiger partial charge in [-0.1, -0.05) is 0 Å². The molecule has 44 heteroatoms. The van der Waals surface area contributed by atoms with Crippen molar-refractivity contribution in [1.82, 2.24) is 0 Å². The number of carbonyl (C=O) groups excluding carboxylic acids is 6. The van der Waals surface area contributed by atoms with Gasteiger partial charge in [-0.25, -0.2) is 38.4 Å². The number of hydrogen-bond donors (Lipinski definition) is 24. The highest BCUT2D eigenvalue weighted by Crippen LogP contribution is 2.57. The van der Waals surface area contributed by atoms with Crippen LogP contribution in [0.1, 0.15) is 62.1 Å². The van der Waals surface area contributed by atoms with E-state index in [2.05, 4.69) is 0 Å². The Kier molecular flexibility index (Phi) is 18.5. The molecule has 5 heterocycles. The number of cyclic esters (lactones) is 1. The molecule has 8 aromatic carbocycles. The molecular weight excluding hydrogens is 1520 g/mol. The van der Waals surface area contributed by atoms with Crippen molar-refractivity contribution in [1.29, 1.82) is 0 Å². The van der Waals surface area contributed by atoms with Crippen molar-refractivity contribution in [2.45, 2.75) is 61.4 Å². The summed E-state index contributed by atoms with van der Waals surface area (Å²) < 4.78 is 65.4. The van der Waals surface area contributed by atoms with Crippen molar-refractivity contribution in [3.05, 3.63) is 115 Å². The Morgan fingerprint density at radius 3 is 1.30 bits per heavy atom. The van der Waals surface area contributed by atoms with E-state index < -0.39 is 337 Å². The van der Waals surface area contributed by atoms with Crippen molar-refractivity contribution in [3.8, 4) is 149 Å². The normalized spacial score (nSPS) is 20.3. The van der Waals surface area contributed by atoms with Gasteiger partial charge in [0.15, 0.2) is 146 Å². The van der Waals surface area contributed by atoms with E-state index in [0.717, 1.165) is 6.07 Å². The number of benzene rings is 8. The molecule has 0 aliphatic carbocycles. The van der Waals surface area contributed by atoms with Gasteiger partial charge in [-0.2, -0.15) is 0 Å². The number of ether oxygens (including phenoxy) is 10. The molecule has 44 nitrogen and oxygen atoms in total. The number of esters is 6. The number of hydrogen-bond acceptors (Lipinski definition) is 44. The van der Waals surface area contributed by atoms with Crippen molar-refractivity contribution < 1.29 is 208 Å². The third kappa shape index (κ3) is 12.4. The summed E-state index contributed by atoms with van der Waals surface area (Å²) in [5, 5.41) is 259. The molecule has 0 spiro atoms. The lowest BCUT2D eigenvalue weighted by molar-refractivity contribution is -0.285. The van der Waals surface area contributed by atoms with E-state index in [9.17, 15) is 156 Å². The average Bonchev–Trinajstić information content (AvgIpc) is 0.734. The zero-order valence-electron chi connectivity index (χ0n) is 54.9. The van der Waals surface area contributed by atoms with Gasteiger partial charge in [0.2, 0.25) is 46.0 Å². The molecule has 2 aromatic heterocycles. The van der Waals surface area contributed by atoms with Crippen molar-refractivity contribution in [2.24, 2.45) is 0 Å². The Labute approximate surface area is 612 Å². The third-order valence-corrected chi connectivity index (χ3v) is 17.6. The number of phenolic OH excluding ortho intramolecular Hbond substituents is 20. The minimum atomic E-state index is -2.90. The van der Waals surface area contributed by atoms with Gasteiger partial charge < -0.3 is 179 Å². The third-order valence-electron chi connectivity index (χ3n) is 17.6. The molecule has 10 atom stereocenters. The van der Waals surface area contributed by atoms with E-state index in [4.69, 9.17) is 56.2 Å². The van der Waals surface area contributed by atoms with Crippen LogP contribution in [0, 0.1) is 0 Å². The van der Waals surface area contributed by atoms with Crippen LogP contribution in [0.5, 0.6) is 138 Å². The summed E-state index contributed by atoms with van der Waals surface area (Å²) in [6.07, 6.45) is -25.2. The maximum Gasteiger partial charge on any atom is 0.344 e. The van der Waals surface area contributed by atoms with Crippen LogP contribution in [0.15, 0.2) is 79.1 Å². The summed E-state index contributed by atoms with van der Waals surface area (Å²) in [5.74, 6) is -44.9. The molecule has 0 saturated carbocycles. The molecule has 0 bridgehead atoms. The topological polar surface area (TPSA) is 741 Å². The Hall–Kier alpha value is -15.1. The Balaban J connectivity index is 0.877. The standard InChI is InChI=1S/C68H48O44/c69-11-31-45(86)55(109-59(91)13-1-21(70)37(78)22(71)2-13)57(67(99)104-31)111-65(97)19-7-26(75)40(81)48(89)50(19)102-29-9-17-34(47(88)43(29)84)33-15(5-25(74)39(80)46(33)87)62(94)106-52-32(12-101-61(17)93)105-68(100)58(56(52)110-60(92)14-3-23(72)38(79)24(73)4-14)112-66(98)20-8-27(76)41(82)49(90)51(20)103-30-10-18-36-35-16(63(95)108-54(36)44(30)85)6-28(77)42(83)53(35)107-64(18)96/h1-10,31-32,45,52,55-58,67-90,99-100H,11-12H2/t31-,32-,45-,52-,55+,56+,57-,58-,67?,68?/m1/s1. The van der Waals surface area contributed by atoms with Crippen LogP contribution in [0.2, 0.25) is 0 Å². The first-order valence-electron chi connectivity index (χ1n) is 31.2. The van der Waals surface area contributed by atoms with E-state index in [0.29, 0.717) is 30.3 Å². The first-order chi connectivity index (χ1) is 52.8. The quantitative estimate of drug-likeness (QED) is 0.0256. The van der Waals surface area contributed by atoms with Crippen molar-refractivity contribution in [3.63, 3.8) is 0 Å². The zero-order chi connectivity index (χ0) is 81.3. The number of aromatic hydroxyl groups is 20. The van der Waals surface area contributed by atoms with Gasteiger partial charge in [0.1, 0.15) is 36.0 Å². The molecule has 0 radical (unpaired) electrons. The van der Waals surface area contributed by atoms with Gasteiger partial charge >= 0.3 is 47.1 Å². The Bertz CT molecular complexity index is 5790. The highest BCUT2D eigenvalue weighted by Gasteiger charge is 2.55. The summed E-state index contributed by atoms with van der Waals surface area (Å²) in [5.41, 5.74) is -14.4. The summed E-state index contributed by atoms with van der Waals surface area (Å²) in [4.78, 5) is 114. The lowest BCUT2D eigenvalue weighted by atomic mass is 9.91. The number of carbonyl (C=O) groups is 6. The molecule has 3 aliphatic rings. The van der Waals surface area contributed by atoms with Gasteiger partial charge in [-0.05, 0) is 36.4 Å². The average molecular weight is 1570 g/mol. The van der Waals surface area contributed by atoms with Gasteiger partial charge in [-0.15, -0.1) is 0 Å². The Morgan fingerprint density at radius 1 is 0.393 bits per heavy atom. The molecule has 112 heavy (non-hydrogen) atoms. The van der Waals surface area contributed by atoms with Crippen molar-refractivity contribution >= 4 is 68.5 Å². The molecule has 0 amide bonds. The first-order valence-corrected chi connectivity index (χ1v) is 31.2. The maximum atomic E-state index is 15.1. The van der Waals surface area contributed by atoms with Gasteiger partial charge in [0.25, 0.3) is 0 Å². The number of fused-ring (bicyclic) bond motifs is 4. The van der Waals surface area contributed by atoms with Crippen LogP contribution < -0.4 is 20.7 Å². The van der Waals surface area contributed by atoms with Crippen LogP contribution >= 0.6 is 0 Å². The molecule has 24 N–H and O–H groups in total. The zero-order valence-corrected chi connectivity index (χ0v) is 54.9. The second-order valence-corrected chi connectivity index (χ2v) is 24.4. The predicted octanol–water partition coefficient (Wildman–Crippen LogP) is 1.54. The fraction of sp³-hybridized carbons (Fsp3) is 0.176.